The van der Waals surface area contributed by atoms with E-state index in [9.17, 15) is 9.90 Å². The summed E-state index contributed by atoms with van der Waals surface area (Å²) in [5.41, 5.74) is 3.63. The predicted octanol–water partition coefficient (Wildman–Crippen LogP) is 2.29. The summed E-state index contributed by atoms with van der Waals surface area (Å²) in [5.74, 6) is 0.801. The third kappa shape index (κ3) is 3.10. The molecule has 8 heteroatoms. The fourth-order valence-electron chi connectivity index (χ4n) is 2.97. The number of benzene rings is 1. The van der Waals surface area contributed by atoms with Gasteiger partial charge in [0.2, 0.25) is 5.91 Å². The fraction of sp³-hybridized carbons (Fsp3) is 0.235. The average molecular weight is 358 g/mol. The van der Waals surface area contributed by atoms with E-state index in [1.807, 2.05) is 0 Å². The van der Waals surface area contributed by atoms with Crippen LogP contribution < -0.4 is 0 Å². The van der Waals surface area contributed by atoms with Crippen molar-refractivity contribution in [1.29, 1.82) is 0 Å². The quantitative estimate of drug-likeness (QED) is 0.669. The van der Waals surface area contributed by atoms with Gasteiger partial charge in [0.05, 0.1) is 41.1 Å². The van der Waals surface area contributed by atoms with Crippen LogP contribution >= 0.6 is 11.6 Å². The van der Waals surface area contributed by atoms with Crippen LogP contribution in [0.15, 0.2) is 30.6 Å². The van der Waals surface area contributed by atoms with Crippen molar-refractivity contribution in [2.45, 2.75) is 19.4 Å². The van der Waals surface area contributed by atoms with E-state index in [4.69, 9.17) is 11.6 Å². The number of carbonyl (C=O) groups excluding carboxylic acids is 1. The maximum Gasteiger partial charge on any atom is 0.227 e. The summed E-state index contributed by atoms with van der Waals surface area (Å²) in [7, 11) is 0. The van der Waals surface area contributed by atoms with E-state index in [2.05, 4.69) is 20.2 Å². The van der Waals surface area contributed by atoms with Crippen molar-refractivity contribution in [1.82, 2.24) is 25.1 Å². The van der Waals surface area contributed by atoms with Gasteiger partial charge in [-0.1, -0.05) is 17.7 Å². The Labute approximate surface area is 148 Å². The Kier molecular flexibility index (Phi) is 3.93. The van der Waals surface area contributed by atoms with Gasteiger partial charge in [-0.25, -0.2) is 4.98 Å². The molecule has 4 rings (SSSR count). The summed E-state index contributed by atoms with van der Waals surface area (Å²) in [5, 5.41) is 16.4. The summed E-state index contributed by atoms with van der Waals surface area (Å²) >= 11 is 5.91. The van der Waals surface area contributed by atoms with Crippen LogP contribution in [0.3, 0.4) is 0 Å². The predicted molar refractivity (Wildman–Crippen MR) is 92.1 cm³/mol. The van der Waals surface area contributed by atoms with Gasteiger partial charge in [0.15, 0.2) is 0 Å². The SMILES string of the molecule is O=C(Cc1ccc(O)c(Cl)c1)N1CCc2nc(-c3cn[nH]c3)[nH]c2C1. The molecular weight excluding hydrogens is 342 g/mol. The molecule has 0 saturated carbocycles. The summed E-state index contributed by atoms with van der Waals surface area (Å²) in [4.78, 5) is 22.3. The summed E-state index contributed by atoms with van der Waals surface area (Å²) < 4.78 is 0. The van der Waals surface area contributed by atoms with Gasteiger partial charge in [-0.15, -0.1) is 0 Å². The molecule has 128 valence electrons. The molecule has 7 nitrogen and oxygen atoms in total. The number of phenolic OH excluding ortho intramolecular Hbond substituents is 1. The largest absolute Gasteiger partial charge is 0.506 e. The molecule has 0 saturated heterocycles. The Morgan fingerprint density at radius 1 is 1.40 bits per heavy atom. The van der Waals surface area contributed by atoms with Gasteiger partial charge in [0, 0.05) is 19.2 Å². The van der Waals surface area contributed by atoms with Crippen molar-refractivity contribution < 1.29 is 9.90 Å². The number of fused-ring (bicyclic) bond motifs is 1. The van der Waals surface area contributed by atoms with Crippen LogP contribution in [0.1, 0.15) is 17.0 Å². The van der Waals surface area contributed by atoms with E-state index in [1.54, 1.807) is 29.4 Å². The number of hydrogen-bond acceptors (Lipinski definition) is 4. The first-order valence-electron chi connectivity index (χ1n) is 7.92. The number of amides is 1. The third-order valence-corrected chi connectivity index (χ3v) is 4.63. The highest BCUT2D eigenvalue weighted by Gasteiger charge is 2.24. The molecule has 0 atom stereocenters. The van der Waals surface area contributed by atoms with Crippen molar-refractivity contribution in [3.05, 3.63) is 52.6 Å². The second kappa shape index (κ2) is 6.25. The Morgan fingerprint density at radius 2 is 2.28 bits per heavy atom. The van der Waals surface area contributed by atoms with Gasteiger partial charge in [-0.05, 0) is 17.7 Å². The third-order valence-electron chi connectivity index (χ3n) is 4.32. The number of phenols is 1. The topological polar surface area (TPSA) is 97.9 Å². The van der Waals surface area contributed by atoms with E-state index >= 15 is 0 Å². The first-order valence-corrected chi connectivity index (χ1v) is 8.30. The molecule has 0 spiro atoms. The van der Waals surface area contributed by atoms with Gasteiger partial charge in [-0.3, -0.25) is 9.89 Å². The Bertz CT molecular complexity index is 919. The second-order valence-corrected chi connectivity index (χ2v) is 6.43. The number of aromatic nitrogens is 4. The summed E-state index contributed by atoms with van der Waals surface area (Å²) in [6.07, 6.45) is 4.45. The molecular formula is C17H16ClN5O2. The highest BCUT2D eigenvalue weighted by atomic mass is 35.5. The molecule has 1 aromatic carbocycles. The van der Waals surface area contributed by atoms with Gasteiger partial charge in [0.25, 0.3) is 0 Å². The molecule has 0 fully saturated rings. The Morgan fingerprint density at radius 3 is 3.04 bits per heavy atom. The van der Waals surface area contributed by atoms with E-state index in [1.165, 1.54) is 6.07 Å². The highest BCUT2D eigenvalue weighted by Crippen LogP contribution is 2.25. The molecule has 3 N–H and O–H groups in total. The first-order chi connectivity index (χ1) is 12.1. The molecule has 1 amide bonds. The Hall–Kier alpha value is -2.80. The van der Waals surface area contributed by atoms with Crippen LogP contribution in [0.5, 0.6) is 5.75 Å². The van der Waals surface area contributed by atoms with Crippen LogP contribution in [-0.4, -0.2) is 42.6 Å². The standard InChI is InChI=1S/C17H16ClN5O2/c18-12-5-10(1-2-15(12)24)6-16(25)23-4-3-13-14(9-23)22-17(21-13)11-7-19-20-8-11/h1-2,5,7-8,24H,3-4,6,9H2,(H,19,20)(H,21,22). The molecule has 1 aliphatic rings. The van der Waals surface area contributed by atoms with E-state index in [0.29, 0.717) is 19.5 Å². The van der Waals surface area contributed by atoms with Gasteiger partial charge >= 0.3 is 0 Å². The zero-order chi connectivity index (χ0) is 17.4. The minimum absolute atomic E-state index is 0.0183. The van der Waals surface area contributed by atoms with E-state index in [0.717, 1.165) is 28.3 Å². The van der Waals surface area contributed by atoms with Crippen LogP contribution in [0, 0.1) is 0 Å². The first kappa shape index (κ1) is 15.7. The van der Waals surface area contributed by atoms with Crippen LogP contribution in [-0.2, 0) is 24.2 Å². The van der Waals surface area contributed by atoms with Crippen LogP contribution in [0.4, 0.5) is 0 Å². The number of halogens is 1. The number of aromatic hydroxyl groups is 1. The van der Waals surface area contributed by atoms with E-state index < -0.39 is 0 Å². The maximum atomic E-state index is 12.6. The van der Waals surface area contributed by atoms with Gasteiger partial charge in [0.1, 0.15) is 11.6 Å². The number of imidazole rings is 1. The normalized spacial score (nSPS) is 13.7. The fourth-order valence-corrected chi connectivity index (χ4v) is 3.17. The molecule has 0 unspecified atom stereocenters. The van der Waals surface area contributed by atoms with Crippen LogP contribution in [0.2, 0.25) is 5.02 Å². The monoisotopic (exact) mass is 357 g/mol. The number of nitrogens with zero attached hydrogens (tertiary/aromatic N) is 3. The molecule has 2 aromatic heterocycles. The molecule has 0 radical (unpaired) electrons. The molecule has 0 bridgehead atoms. The number of aromatic amines is 2. The van der Waals surface area contributed by atoms with Gasteiger partial charge < -0.3 is 15.0 Å². The number of H-pyrrole nitrogens is 2. The minimum atomic E-state index is 0.0183. The molecule has 1 aliphatic heterocycles. The molecule has 0 aliphatic carbocycles. The number of rotatable bonds is 3. The molecule has 3 aromatic rings. The van der Waals surface area contributed by atoms with Crippen molar-refractivity contribution in [2.75, 3.05) is 6.54 Å². The smallest absolute Gasteiger partial charge is 0.227 e. The zero-order valence-electron chi connectivity index (χ0n) is 13.3. The minimum Gasteiger partial charge on any atom is -0.506 e. The molecule has 25 heavy (non-hydrogen) atoms. The number of nitrogens with one attached hydrogen (secondary N) is 2. The number of carbonyl (C=O) groups is 1. The van der Waals surface area contributed by atoms with Crippen molar-refractivity contribution >= 4 is 17.5 Å². The summed E-state index contributed by atoms with van der Waals surface area (Å²) in [6.45, 7) is 1.14. The van der Waals surface area contributed by atoms with Gasteiger partial charge in [-0.2, -0.15) is 5.10 Å². The lowest BCUT2D eigenvalue weighted by Crippen LogP contribution is -2.37. The lowest BCUT2D eigenvalue weighted by atomic mass is 10.1. The average Bonchev–Trinajstić information content (AvgIpc) is 3.26. The Balaban J connectivity index is 1.48. The maximum absolute atomic E-state index is 12.6. The lowest BCUT2D eigenvalue weighted by molar-refractivity contribution is -0.131. The highest BCUT2D eigenvalue weighted by molar-refractivity contribution is 6.32. The number of hydrogen-bond donors (Lipinski definition) is 3. The van der Waals surface area contributed by atoms with Crippen molar-refractivity contribution in [3.63, 3.8) is 0 Å². The van der Waals surface area contributed by atoms with Crippen LogP contribution in [0.25, 0.3) is 11.4 Å². The van der Waals surface area contributed by atoms with Crippen molar-refractivity contribution in [3.8, 4) is 17.1 Å². The zero-order valence-corrected chi connectivity index (χ0v) is 14.0. The molecule has 3 heterocycles. The van der Waals surface area contributed by atoms with Crippen molar-refractivity contribution in [2.24, 2.45) is 0 Å². The lowest BCUT2D eigenvalue weighted by Gasteiger charge is -2.26. The second-order valence-electron chi connectivity index (χ2n) is 6.03. The summed E-state index contributed by atoms with van der Waals surface area (Å²) in [6, 6.07) is 4.84. The van der Waals surface area contributed by atoms with E-state index in [-0.39, 0.29) is 23.1 Å².